The molecule has 0 aliphatic carbocycles. The SMILES string of the molecule is COc1cc(OC)cc(C(=O)N/N=C/c2cc(O)c(O)c(OC)c2)c1. The number of hydrazone groups is 1. The van der Waals surface area contributed by atoms with Crippen LogP contribution in [0.25, 0.3) is 0 Å². The van der Waals surface area contributed by atoms with Gasteiger partial charge in [0.1, 0.15) is 11.5 Å². The summed E-state index contributed by atoms with van der Waals surface area (Å²) in [5, 5.41) is 23.0. The first-order valence-corrected chi connectivity index (χ1v) is 7.15. The van der Waals surface area contributed by atoms with Crippen molar-refractivity contribution < 1.29 is 29.2 Å². The van der Waals surface area contributed by atoms with Crippen LogP contribution in [0.4, 0.5) is 0 Å². The summed E-state index contributed by atoms with van der Waals surface area (Å²) in [5.41, 5.74) is 3.09. The molecule has 0 aromatic heterocycles. The molecule has 0 heterocycles. The molecule has 0 fully saturated rings. The fraction of sp³-hybridized carbons (Fsp3) is 0.176. The highest BCUT2D eigenvalue weighted by Crippen LogP contribution is 2.35. The zero-order valence-corrected chi connectivity index (χ0v) is 13.9. The Balaban J connectivity index is 2.14. The highest BCUT2D eigenvalue weighted by molar-refractivity contribution is 5.95. The normalized spacial score (nSPS) is 10.5. The number of rotatable bonds is 6. The third-order valence-corrected chi connectivity index (χ3v) is 3.29. The summed E-state index contributed by atoms with van der Waals surface area (Å²) >= 11 is 0. The summed E-state index contributed by atoms with van der Waals surface area (Å²) < 4.78 is 15.1. The number of nitrogens with zero attached hydrogens (tertiary/aromatic N) is 1. The maximum atomic E-state index is 12.2. The molecule has 0 bridgehead atoms. The molecule has 25 heavy (non-hydrogen) atoms. The number of aromatic hydroxyl groups is 2. The van der Waals surface area contributed by atoms with Crippen molar-refractivity contribution in [3.63, 3.8) is 0 Å². The summed E-state index contributed by atoms with van der Waals surface area (Å²) in [5.74, 6) is -0.158. The van der Waals surface area contributed by atoms with Gasteiger partial charge in [-0.1, -0.05) is 0 Å². The highest BCUT2D eigenvalue weighted by atomic mass is 16.5. The van der Waals surface area contributed by atoms with Crippen LogP contribution in [0.2, 0.25) is 0 Å². The van der Waals surface area contributed by atoms with E-state index in [1.807, 2.05) is 0 Å². The van der Waals surface area contributed by atoms with E-state index in [1.165, 1.54) is 39.7 Å². The Kier molecular flexibility index (Phi) is 5.67. The first-order chi connectivity index (χ1) is 12.0. The second-order valence-corrected chi connectivity index (χ2v) is 4.89. The molecule has 0 saturated carbocycles. The number of hydrogen-bond donors (Lipinski definition) is 3. The number of methoxy groups -OCH3 is 3. The molecule has 1 amide bonds. The van der Waals surface area contributed by atoms with Gasteiger partial charge in [-0.25, -0.2) is 5.43 Å². The monoisotopic (exact) mass is 346 g/mol. The maximum Gasteiger partial charge on any atom is 0.271 e. The first-order valence-electron chi connectivity index (χ1n) is 7.15. The molecule has 3 N–H and O–H groups in total. The minimum absolute atomic E-state index is 0.0882. The van der Waals surface area contributed by atoms with Gasteiger partial charge in [-0.2, -0.15) is 5.10 Å². The lowest BCUT2D eigenvalue weighted by molar-refractivity contribution is 0.0954. The van der Waals surface area contributed by atoms with Crippen LogP contribution in [0.5, 0.6) is 28.7 Å². The largest absolute Gasteiger partial charge is 0.504 e. The van der Waals surface area contributed by atoms with Crippen molar-refractivity contribution in [3.8, 4) is 28.7 Å². The van der Waals surface area contributed by atoms with Crippen molar-refractivity contribution >= 4 is 12.1 Å². The van der Waals surface area contributed by atoms with Gasteiger partial charge in [-0.3, -0.25) is 4.79 Å². The topological polar surface area (TPSA) is 110 Å². The average Bonchev–Trinajstić information content (AvgIpc) is 2.63. The first kappa shape index (κ1) is 17.9. The predicted octanol–water partition coefficient (Wildman–Crippen LogP) is 1.89. The fourth-order valence-corrected chi connectivity index (χ4v) is 2.01. The molecule has 0 radical (unpaired) electrons. The standard InChI is InChI=1S/C17H18N2O6/c1-23-12-6-11(7-13(8-12)24-2)17(22)19-18-9-10-4-14(20)16(21)15(5-10)25-3/h4-9,20-21H,1-3H3,(H,19,22)/b18-9+. The smallest absolute Gasteiger partial charge is 0.271 e. The van der Waals surface area contributed by atoms with E-state index in [-0.39, 0.29) is 17.2 Å². The minimum atomic E-state index is -0.469. The molecule has 0 atom stereocenters. The van der Waals surface area contributed by atoms with Crippen LogP contribution in [0.3, 0.4) is 0 Å². The van der Waals surface area contributed by atoms with Gasteiger partial charge < -0.3 is 24.4 Å². The summed E-state index contributed by atoms with van der Waals surface area (Å²) in [7, 11) is 4.33. The van der Waals surface area contributed by atoms with Gasteiger partial charge in [0, 0.05) is 17.2 Å². The molecule has 8 nitrogen and oxygen atoms in total. The van der Waals surface area contributed by atoms with Crippen molar-refractivity contribution in [1.29, 1.82) is 0 Å². The van der Waals surface area contributed by atoms with E-state index in [0.29, 0.717) is 22.6 Å². The summed E-state index contributed by atoms with van der Waals surface area (Å²) in [6.45, 7) is 0. The number of ether oxygens (including phenoxy) is 3. The molecule has 132 valence electrons. The Bertz CT molecular complexity index is 782. The van der Waals surface area contributed by atoms with Crippen LogP contribution in [0, 0.1) is 0 Å². The lowest BCUT2D eigenvalue weighted by Crippen LogP contribution is -2.17. The number of nitrogens with one attached hydrogen (secondary N) is 1. The van der Waals surface area contributed by atoms with Gasteiger partial charge in [0.15, 0.2) is 11.5 Å². The van der Waals surface area contributed by atoms with Crippen LogP contribution in [0.15, 0.2) is 35.4 Å². The van der Waals surface area contributed by atoms with Crippen LogP contribution < -0.4 is 19.6 Å². The number of phenols is 2. The van der Waals surface area contributed by atoms with Gasteiger partial charge in [-0.05, 0) is 24.3 Å². The Hall–Kier alpha value is -3.42. The van der Waals surface area contributed by atoms with Crippen LogP contribution in [0.1, 0.15) is 15.9 Å². The molecular formula is C17H18N2O6. The van der Waals surface area contributed by atoms with Crippen LogP contribution in [-0.2, 0) is 0 Å². The zero-order chi connectivity index (χ0) is 18.4. The van der Waals surface area contributed by atoms with Crippen LogP contribution >= 0.6 is 0 Å². The molecular weight excluding hydrogens is 328 g/mol. The Morgan fingerprint density at radius 1 is 1.00 bits per heavy atom. The molecule has 2 aromatic carbocycles. The minimum Gasteiger partial charge on any atom is -0.504 e. The van der Waals surface area contributed by atoms with E-state index in [4.69, 9.17) is 14.2 Å². The summed E-state index contributed by atoms with van der Waals surface area (Å²) in [6.07, 6.45) is 1.30. The van der Waals surface area contributed by atoms with E-state index < -0.39 is 5.91 Å². The van der Waals surface area contributed by atoms with Gasteiger partial charge in [0.25, 0.3) is 5.91 Å². The number of carbonyl (C=O) groups excluding carboxylic acids is 1. The second-order valence-electron chi connectivity index (χ2n) is 4.89. The van der Waals surface area contributed by atoms with Gasteiger partial charge in [0.05, 0.1) is 27.5 Å². The zero-order valence-electron chi connectivity index (χ0n) is 13.9. The van der Waals surface area contributed by atoms with E-state index in [2.05, 4.69) is 10.5 Å². The number of phenolic OH excluding ortho intramolecular Hbond substituents is 2. The molecule has 0 aliphatic heterocycles. The van der Waals surface area contributed by atoms with Gasteiger partial charge in [0.2, 0.25) is 5.75 Å². The molecule has 0 unspecified atom stereocenters. The molecule has 2 aromatic rings. The summed E-state index contributed by atoms with van der Waals surface area (Å²) in [6, 6.07) is 7.47. The summed E-state index contributed by atoms with van der Waals surface area (Å²) in [4.78, 5) is 12.2. The van der Waals surface area contributed by atoms with E-state index in [1.54, 1.807) is 18.2 Å². The van der Waals surface area contributed by atoms with Gasteiger partial charge >= 0.3 is 0 Å². The molecule has 0 aliphatic rings. The van der Waals surface area contributed by atoms with E-state index in [0.717, 1.165) is 0 Å². The maximum absolute atomic E-state index is 12.2. The van der Waals surface area contributed by atoms with Gasteiger partial charge in [-0.15, -0.1) is 0 Å². The number of carbonyl (C=O) groups is 1. The fourth-order valence-electron chi connectivity index (χ4n) is 2.01. The predicted molar refractivity (Wildman–Crippen MR) is 90.9 cm³/mol. The third kappa shape index (κ3) is 4.31. The molecule has 2 rings (SSSR count). The van der Waals surface area contributed by atoms with Crippen molar-refractivity contribution in [3.05, 3.63) is 41.5 Å². The quantitative estimate of drug-likeness (QED) is 0.419. The highest BCUT2D eigenvalue weighted by Gasteiger charge is 2.10. The average molecular weight is 346 g/mol. The van der Waals surface area contributed by atoms with E-state index >= 15 is 0 Å². The number of benzene rings is 2. The number of hydrogen-bond acceptors (Lipinski definition) is 7. The lowest BCUT2D eigenvalue weighted by Gasteiger charge is -2.07. The van der Waals surface area contributed by atoms with Crippen molar-refractivity contribution in [2.45, 2.75) is 0 Å². The van der Waals surface area contributed by atoms with Crippen molar-refractivity contribution in [1.82, 2.24) is 5.43 Å². The Morgan fingerprint density at radius 3 is 2.20 bits per heavy atom. The molecule has 8 heteroatoms. The van der Waals surface area contributed by atoms with Crippen molar-refractivity contribution in [2.75, 3.05) is 21.3 Å². The molecule has 0 spiro atoms. The second kappa shape index (κ2) is 7.91. The molecule has 0 saturated heterocycles. The number of amides is 1. The van der Waals surface area contributed by atoms with Crippen LogP contribution in [-0.4, -0.2) is 43.7 Å². The van der Waals surface area contributed by atoms with E-state index in [9.17, 15) is 15.0 Å². The Labute approximate surface area is 144 Å². The third-order valence-electron chi connectivity index (χ3n) is 3.29. The lowest BCUT2D eigenvalue weighted by atomic mass is 10.2. The Morgan fingerprint density at radius 2 is 1.64 bits per heavy atom. The van der Waals surface area contributed by atoms with Crippen molar-refractivity contribution in [2.24, 2.45) is 5.10 Å².